The number of anilines is 1. The van der Waals surface area contributed by atoms with Crippen molar-refractivity contribution in [2.75, 3.05) is 18.0 Å². The molecule has 0 unspecified atom stereocenters. The zero-order valence-electron chi connectivity index (χ0n) is 12.0. The van der Waals surface area contributed by atoms with Crippen molar-refractivity contribution < 1.29 is 9.59 Å². The zero-order chi connectivity index (χ0) is 14.9. The van der Waals surface area contributed by atoms with Crippen molar-refractivity contribution in [2.45, 2.75) is 26.3 Å². The molecule has 1 aromatic rings. The molecule has 6 nitrogen and oxygen atoms in total. The fraction of sp³-hybridized carbons (Fsp3) is 0.500. The number of pyridine rings is 1. The van der Waals surface area contributed by atoms with E-state index in [9.17, 15) is 9.59 Å². The van der Waals surface area contributed by atoms with Gasteiger partial charge < -0.3 is 16.0 Å². The highest BCUT2D eigenvalue weighted by molar-refractivity contribution is 5.91. The number of nitrogens with zero attached hydrogens (tertiary/aromatic N) is 2. The van der Waals surface area contributed by atoms with E-state index in [1.807, 2.05) is 31.7 Å². The number of nitrogens with two attached hydrogens (primary N) is 1. The number of aromatic nitrogens is 1. The van der Waals surface area contributed by atoms with Crippen LogP contribution in [0.1, 0.15) is 31.3 Å². The van der Waals surface area contributed by atoms with Gasteiger partial charge in [0.25, 0.3) is 5.91 Å². The highest BCUT2D eigenvalue weighted by Crippen LogP contribution is 2.25. The van der Waals surface area contributed by atoms with Crippen molar-refractivity contribution in [3.05, 3.63) is 24.0 Å². The number of rotatable bonds is 3. The van der Waals surface area contributed by atoms with Gasteiger partial charge in [0, 0.05) is 30.5 Å². The molecule has 6 heteroatoms. The molecular weight excluding hydrogens is 256 g/mol. The van der Waals surface area contributed by atoms with E-state index in [0.29, 0.717) is 13.1 Å². The van der Waals surface area contributed by atoms with E-state index in [1.54, 1.807) is 12.3 Å². The van der Waals surface area contributed by atoms with Gasteiger partial charge in [-0.25, -0.2) is 0 Å². The van der Waals surface area contributed by atoms with Gasteiger partial charge in [-0.1, -0.05) is 0 Å². The lowest BCUT2D eigenvalue weighted by molar-refractivity contribution is -0.127. The Morgan fingerprint density at radius 2 is 2.05 bits per heavy atom. The van der Waals surface area contributed by atoms with E-state index in [1.165, 1.54) is 0 Å². The molecule has 108 valence electrons. The molecule has 1 aromatic heterocycles. The molecule has 1 aliphatic heterocycles. The van der Waals surface area contributed by atoms with Crippen LogP contribution in [0.4, 0.5) is 5.69 Å². The maximum absolute atomic E-state index is 12.0. The summed E-state index contributed by atoms with van der Waals surface area (Å²) < 4.78 is 0. The molecule has 2 rings (SSSR count). The van der Waals surface area contributed by atoms with E-state index in [4.69, 9.17) is 5.73 Å². The van der Waals surface area contributed by atoms with Crippen molar-refractivity contribution in [1.29, 1.82) is 0 Å². The summed E-state index contributed by atoms with van der Waals surface area (Å²) in [5, 5.41) is 2.97. The first kappa shape index (κ1) is 14.3. The normalized spacial score (nSPS) is 15.7. The molecule has 0 saturated carbocycles. The van der Waals surface area contributed by atoms with E-state index in [2.05, 4.69) is 10.3 Å². The second kappa shape index (κ2) is 5.11. The summed E-state index contributed by atoms with van der Waals surface area (Å²) in [5.41, 5.74) is 6.10. The van der Waals surface area contributed by atoms with Gasteiger partial charge in [-0.2, -0.15) is 0 Å². The Labute approximate surface area is 118 Å². The van der Waals surface area contributed by atoms with Crippen molar-refractivity contribution in [1.82, 2.24) is 10.3 Å². The van der Waals surface area contributed by atoms with Crippen LogP contribution in [-0.2, 0) is 4.79 Å². The highest BCUT2D eigenvalue weighted by Gasteiger charge is 2.34. The summed E-state index contributed by atoms with van der Waals surface area (Å²) in [5.74, 6) is -0.494. The quantitative estimate of drug-likeness (QED) is 0.843. The first-order valence-electron chi connectivity index (χ1n) is 6.59. The predicted molar refractivity (Wildman–Crippen MR) is 76.4 cm³/mol. The Bertz CT molecular complexity index is 530. The second-order valence-electron chi connectivity index (χ2n) is 6.10. The third-order valence-electron chi connectivity index (χ3n) is 3.11. The molecule has 1 fully saturated rings. The Morgan fingerprint density at radius 3 is 2.60 bits per heavy atom. The minimum Gasteiger partial charge on any atom is -0.370 e. The van der Waals surface area contributed by atoms with Crippen molar-refractivity contribution in [3.63, 3.8) is 0 Å². The molecule has 1 saturated heterocycles. The molecule has 20 heavy (non-hydrogen) atoms. The lowest BCUT2D eigenvalue weighted by Crippen LogP contribution is -2.56. The molecular formula is C14H20N4O2. The van der Waals surface area contributed by atoms with Crippen LogP contribution in [-0.4, -0.2) is 35.4 Å². The number of carbonyl (C=O) groups is 2. The van der Waals surface area contributed by atoms with Crippen molar-refractivity contribution in [2.24, 2.45) is 11.7 Å². The summed E-state index contributed by atoms with van der Waals surface area (Å²) in [4.78, 5) is 29.0. The first-order chi connectivity index (χ1) is 9.26. The zero-order valence-corrected chi connectivity index (χ0v) is 12.0. The fourth-order valence-corrected chi connectivity index (χ4v) is 2.08. The summed E-state index contributed by atoms with van der Waals surface area (Å²) in [7, 11) is 0. The molecule has 3 N–H and O–H groups in total. The Balaban J connectivity index is 1.95. The van der Waals surface area contributed by atoms with E-state index >= 15 is 0 Å². The van der Waals surface area contributed by atoms with Crippen LogP contribution >= 0.6 is 0 Å². The molecule has 0 aromatic carbocycles. The lowest BCUT2D eigenvalue weighted by atomic mass is 9.96. The third-order valence-corrected chi connectivity index (χ3v) is 3.11. The minimum atomic E-state index is -0.547. The molecule has 0 spiro atoms. The molecule has 0 radical (unpaired) electrons. The number of amides is 2. The molecule has 2 amide bonds. The molecule has 1 aliphatic rings. The Kier molecular flexibility index (Phi) is 3.65. The van der Waals surface area contributed by atoms with Crippen molar-refractivity contribution >= 4 is 17.5 Å². The maximum Gasteiger partial charge on any atom is 0.267 e. The Hall–Kier alpha value is -2.11. The largest absolute Gasteiger partial charge is 0.370 e. The average Bonchev–Trinajstić information content (AvgIpc) is 2.24. The van der Waals surface area contributed by atoms with Crippen LogP contribution in [0, 0.1) is 5.92 Å². The average molecular weight is 276 g/mol. The lowest BCUT2D eigenvalue weighted by Gasteiger charge is -2.41. The smallest absolute Gasteiger partial charge is 0.267 e. The SMILES string of the molecule is CC(C)(C)NC(=O)C1CN(c2ccnc(C(N)=O)c2)C1. The number of hydrogen-bond donors (Lipinski definition) is 2. The summed E-state index contributed by atoms with van der Waals surface area (Å²) in [6, 6.07) is 3.46. The highest BCUT2D eigenvalue weighted by atomic mass is 16.2. The third kappa shape index (κ3) is 3.26. The standard InChI is InChI=1S/C14H20N4O2/c1-14(2,3)17-13(20)9-7-18(8-9)10-4-5-16-11(6-10)12(15)19/h4-6,9H,7-8H2,1-3H3,(H2,15,19)(H,17,20). The van der Waals surface area contributed by atoms with Gasteiger partial charge in [0.05, 0.1) is 5.92 Å². The van der Waals surface area contributed by atoms with Gasteiger partial charge in [-0.05, 0) is 32.9 Å². The maximum atomic E-state index is 12.0. The molecule has 0 aliphatic carbocycles. The van der Waals surface area contributed by atoms with Crippen LogP contribution < -0.4 is 16.0 Å². The predicted octanol–water partition coefficient (Wildman–Crippen LogP) is 0.531. The number of hydrogen-bond acceptors (Lipinski definition) is 4. The number of primary amides is 1. The van der Waals surface area contributed by atoms with Crippen LogP contribution in [0.3, 0.4) is 0 Å². The monoisotopic (exact) mass is 276 g/mol. The summed E-state index contributed by atoms with van der Waals surface area (Å²) in [6.45, 7) is 7.17. The van der Waals surface area contributed by atoms with E-state index < -0.39 is 5.91 Å². The fourth-order valence-electron chi connectivity index (χ4n) is 2.08. The molecule has 0 bridgehead atoms. The minimum absolute atomic E-state index is 0.0144. The van der Waals surface area contributed by atoms with Gasteiger partial charge in [0.2, 0.25) is 5.91 Å². The van der Waals surface area contributed by atoms with E-state index in [0.717, 1.165) is 5.69 Å². The van der Waals surface area contributed by atoms with Gasteiger partial charge in [-0.15, -0.1) is 0 Å². The van der Waals surface area contributed by atoms with Gasteiger partial charge in [0.15, 0.2) is 0 Å². The topological polar surface area (TPSA) is 88.3 Å². The number of nitrogens with one attached hydrogen (secondary N) is 1. The van der Waals surface area contributed by atoms with Gasteiger partial charge >= 0.3 is 0 Å². The first-order valence-corrected chi connectivity index (χ1v) is 6.59. The van der Waals surface area contributed by atoms with Crippen LogP contribution in [0.2, 0.25) is 0 Å². The molecule has 2 heterocycles. The summed E-state index contributed by atoms with van der Waals surface area (Å²) >= 11 is 0. The number of carbonyl (C=O) groups excluding carboxylic acids is 2. The van der Waals surface area contributed by atoms with Crippen LogP contribution in [0.15, 0.2) is 18.3 Å². The van der Waals surface area contributed by atoms with E-state index in [-0.39, 0.29) is 23.1 Å². The van der Waals surface area contributed by atoms with Crippen LogP contribution in [0.5, 0.6) is 0 Å². The summed E-state index contributed by atoms with van der Waals surface area (Å²) in [6.07, 6.45) is 1.55. The van der Waals surface area contributed by atoms with Gasteiger partial charge in [0.1, 0.15) is 5.69 Å². The van der Waals surface area contributed by atoms with Gasteiger partial charge in [-0.3, -0.25) is 14.6 Å². The molecule has 0 atom stereocenters. The van der Waals surface area contributed by atoms with Crippen LogP contribution in [0.25, 0.3) is 0 Å². The van der Waals surface area contributed by atoms with Crippen molar-refractivity contribution in [3.8, 4) is 0 Å². The second-order valence-corrected chi connectivity index (χ2v) is 6.10. The Morgan fingerprint density at radius 1 is 1.40 bits per heavy atom.